The van der Waals surface area contributed by atoms with Gasteiger partial charge in [-0.3, -0.25) is 0 Å². The quantitative estimate of drug-likeness (QED) is 0.0833. The second-order valence-electron chi connectivity index (χ2n) is 15.3. The summed E-state index contributed by atoms with van der Waals surface area (Å²) >= 11 is 7.20. The Bertz CT molecular complexity index is 1820. The molecular weight excluding hydrogens is 644 g/mol. The second-order valence-corrected chi connectivity index (χ2v) is 15.7. The molecule has 2 heterocycles. The van der Waals surface area contributed by atoms with E-state index in [0.717, 1.165) is 61.4 Å². The fourth-order valence-corrected chi connectivity index (χ4v) is 7.73. The lowest BCUT2D eigenvalue weighted by Gasteiger charge is -2.27. The van der Waals surface area contributed by atoms with E-state index in [1.54, 1.807) is 0 Å². The summed E-state index contributed by atoms with van der Waals surface area (Å²) in [5.74, 6) is 0. The maximum Gasteiger partial charge on any atom is 0.407 e. The molecule has 0 aromatic heterocycles. The molecule has 50 heavy (non-hydrogen) atoms. The summed E-state index contributed by atoms with van der Waals surface area (Å²) < 4.78 is 7.81. The smallest absolute Gasteiger partial charge is 0.407 e. The Labute approximate surface area is 302 Å². The molecule has 8 nitrogen and oxygen atoms in total. The molecule has 0 radical (unpaired) electrons. The van der Waals surface area contributed by atoms with Gasteiger partial charge in [-0.05, 0) is 94.7 Å². The van der Waals surface area contributed by atoms with Crippen molar-refractivity contribution in [1.29, 1.82) is 0 Å². The van der Waals surface area contributed by atoms with Gasteiger partial charge in [0.25, 0.3) is 0 Å². The van der Waals surface area contributed by atoms with Crippen LogP contribution in [0.4, 0.5) is 16.2 Å². The normalized spacial score (nSPS) is 19.6. The Morgan fingerprint density at radius 1 is 1.02 bits per heavy atom. The fraction of sp³-hybridized carbons (Fsp3) is 0.463. The molecule has 0 saturated carbocycles. The van der Waals surface area contributed by atoms with Crippen LogP contribution in [0.15, 0.2) is 99.8 Å². The van der Waals surface area contributed by atoms with Crippen molar-refractivity contribution < 1.29 is 14.1 Å². The van der Waals surface area contributed by atoms with E-state index in [0.29, 0.717) is 13.1 Å². The van der Waals surface area contributed by atoms with E-state index in [1.807, 2.05) is 20.8 Å². The Morgan fingerprint density at radius 3 is 2.48 bits per heavy atom. The number of carbonyl (C=O) groups is 1. The monoisotopic (exact) mass is 695 g/mol. The molecule has 1 N–H and O–H groups in total. The molecule has 0 unspecified atom stereocenters. The van der Waals surface area contributed by atoms with E-state index in [4.69, 9.17) is 21.9 Å². The first-order valence-corrected chi connectivity index (χ1v) is 18.2. The van der Waals surface area contributed by atoms with Gasteiger partial charge in [-0.25, -0.2) is 4.79 Å². The summed E-state index contributed by atoms with van der Waals surface area (Å²) in [6.45, 7) is 17.2. The molecule has 5 rings (SSSR count). The topological polar surface area (TPSA) is 93.3 Å². The van der Waals surface area contributed by atoms with Crippen molar-refractivity contribution in [3.63, 3.8) is 0 Å². The third kappa shape index (κ3) is 8.03. The number of rotatable bonds is 11. The van der Waals surface area contributed by atoms with Gasteiger partial charge in [-0.15, -0.1) is 0 Å². The second kappa shape index (κ2) is 15.3. The average molecular weight is 696 g/mol. The van der Waals surface area contributed by atoms with Crippen molar-refractivity contribution in [2.24, 2.45) is 5.11 Å². The van der Waals surface area contributed by atoms with E-state index in [9.17, 15) is 4.79 Å². The van der Waals surface area contributed by atoms with Crippen LogP contribution in [0.2, 0.25) is 0 Å². The molecule has 0 atom stereocenters. The number of benzene rings is 2. The largest absolute Gasteiger partial charge is 0.444 e. The highest BCUT2D eigenvalue weighted by atomic mass is 35.5. The highest BCUT2D eigenvalue weighted by Gasteiger charge is 2.44. The minimum atomic E-state index is -0.525. The van der Waals surface area contributed by atoms with Crippen LogP contribution in [0.25, 0.3) is 10.4 Å². The average Bonchev–Trinajstić information content (AvgIpc) is 3.41. The summed E-state index contributed by atoms with van der Waals surface area (Å²) in [5, 5.41) is 7.50. The highest BCUT2D eigenvalue weighted by Crippen LogP contribution is 2.48. The lowest BCUT2D eigenvalue weighted by molar-refractivity contribution is -0.437. The molecule has 2 aromatic rings. The van der Waals surface area contributed by atoms with E-state index in [2.05, 4.69) is 125 Å². The molecule has 0 saturated heterocycles. The first-order valence-electron chi connectivity index (χ1n) is 17.8. The molecule has 1 aliphatic carbocycles. The maximum absolute atomic E-state index is 12.2. The number of para-hydroxylation sites is 2. The predicted octanol–water partition coefficient (Wildman–Crippen LogP) is 10.5. The van der Waals surface area contributed by atoms with Gasteiger partial charge in [0.1, 0.15) is 5.60 Å². The minimum Gasteiger partial charge on any atom is -0.444 e. The maximum atomic E-state index is 12.2. The summed E-state index contributed by atoms with van der Waals surface area (Å²) in [6, 6.07) is 17.2. The van der Waals surface area contributed by atoms with Crippen molar-refractivity contribution in [2.45, 2.75) is 97.0 Å². The van der Waals surface area contributed by atoms with E-state index in [1.165, 1.54) is 33.9 Å². The van der Waals surface area contributed by atoms with Crippen LogP contribution in [0.3, 0.4) is 0 Å². The number of amides is 1. The number of hydrogen-bond donors (Lipinski definition) is 1. The van der Waals surface area contributed by atoms with E-state index >= 15 is 0 Å². The summed E-state index contributed by atoms with van der Waals surface area (Å²) in [4.78, 5) is 17.5. The van der Waals surface area contributed by atoms with Crippen molar-refractivity contribution in [3.8, 4) is 0 Å². The number of ether oxygens (including phenoxy) is 1. The third-order valence-electron chi connectivity index (χ3n) is 9.87. The molecule has 9 heteroatoms. The number of nitrogens with zero attached hydrogens (tertiary/aromatic N) is 5. The molecule has 0 spiro atoms. The van der Waals surface area contributed by atoms with Crippen LogP contribution < -0.4 is 10.2 Å². The predicted molar refractivity (Wildman–Crippen MR) is 206 cm³/mol. The van der Waals surface area contributed by atoms with Crippen LogP contribution in [-0.2, 0) is 15.6 Å². The standard InChI is InChI=1S/C41H51ClN6O2/c1-39(2,3)50-38(49)44-25-13-27-47-33-19-10-8-17-31(33)40(4,5)35(47)23-21-29-15-12-16-30(37(29)42)22-24-36-41(6,7)32-18-9-11-20-34(32)48(36)28-14-26-45-46-43/h8-11,17-24H,12-16,25-28H2,1-7H3/p+1. The molecular formula is C41H52ClN6O2+. The number of nitrogens with one attached hydrogen (secondary N) is 1. The molecule has 1 amide bonds. The third-order valence-corrected chi connectivity index (χ3v) is 10.4. The minimum absolute atomic E-state index is 0.175. The number of fused-ring (bicyclic) bond motifs is 2. The number of hydrogen-bond acceptors (Lipinski definition) is 4. The van der Waals surface area contributed by atoms with Crippen molar-refractivity contribution in [3.05, 3.63) is 116 Å². The zero-order valence-electron chi connectivity index (χ0n) is 30.7. The zero-order chi connectivity index (χ0) is 36.1. The number of allylic oxidation sites excluding steroid dienone is 8. The van der Waals surface area contributed by atoms with Crippen molar-refractivity contribution >= 4 is 34.8 Å². The SMILES string of the molecule is CC(C)(C)OC(=O)NCCC[N+]1=C(/C=C/C2=C(Cl)C(=C/C=C3/N(CCCN=[N+]=[N-])c4ccccc4C3(C)C)/CCC2)C(C)(C)c2ccccc21. The van der Waals surface area contributed by atoms with Gasteiger partial charge in [0.15, 0.2) is 12.3 Å². The van der Waals surface area contributed by atoms with Gasteiger partial charge in [-0.2, -0.15) is 4.58 Å². The number of anilines is 1. The van der Waals surface area contributed by atoms with Crippen LogP contribution in [-0.4, -0.2) is 48.2 Å². The number of carbonyl (C=O) groups excluding carboxylic acids is 1. The number of halogens is 1. The summed E-state index contributed by atoms with van der Waals surface area (Å²) in [5.41, 5.74) is 17.6. The molecule has 2 aliphatic heterocycles. The Balaban J connectivity index is 1.41. The van der Waals surface area contributed by atoms with Gasteiger partial charge in [0.2, 0.25) is 5.69 Å². The molecule has 0 fully saturated rings. The van der Waals surface area contributed by atoms with Gasteiger partial charge in [-0.1, -0.05) is 79.1 Å². The van der Waals surface area contributed by atoms with E-state index in [-0.39, 0.29) is 16.9 Å². The van der Waals surface area contributed by atoms with Crippen LogP contribution in [0.1, 0.15) is 91.7 Å². The first kappa shape index (κ1) is 37.0. The Morgan fingerprint density at radius 2 is 1.74 bits per heavy atom. The first-order chi connectivity index (χ1) is 23.8. The van der Waals surface area contributed by atoms with Gasteiger partial charge in [0, 0.05) is 70.5 Å². The lowest BCUT2D eigenvalue weighted by atomic mass is 9.81. The number of alkyl carbamates (subject to hydrolysis) is 1. The van der Waals surface area contributed by atoms with Gasteiger partial charge < -0.3 is 15.0 Å². The highest BCUT2D eigenvalue weighted by molar-refractivity contribution is 6.32. The van der Waals surface area contributed by atoms with Crippen molar-refractivity contribution in [1.82, 2.24) is 5.32 Å². The van der Waals surface area contributed by atoms with Crippen molar-refractivity contribution in [2.75, 3.05) is 31.1 Å². The van der Waals surface area contributed by atoms with Crippen LogP contribution in [0, 0.1) is 0 Å². The Kier molecular flexibility index (Phi) is 11.3. The molecule has 3 aliphatic rings. The van der Waals surface area contributed by atoms with Gasteiger partial charge in [0.05, 0.1) is 5.41 Å². The summed E-state index contributed by atoms with van der Waals surface area (Å²) in [6.07, 6.45) is 13.0. The lowest BCUT2D eigenvalue weighted by Crippen LogP contribution is -2.34. The fourth-order valence-electron chi connectivity index (χ4n) is 7.42. The molecule has 264 valence electrons. The van der Waals surface area contributed by atoms with Gasteiger partial charge >= 0.3 is 6.09 Å². The molecule has 2 aromatic carbocycles. The van der Waals surface area contributed by atoms with Crippen LogP contribution >= 0.6 is 11.6 Å². The molecule has 0 bridgehead atoms. The zero-order valence-corrected chi connectivity index (χ0v) is 31.5. The van der Waals surface area contributed by atoms with E-state index < -0.39 is 5.60 Å². The summed E-state index contributed by atoms with van der Waals surface area (Å²) in [7, 11) is 0. The van der Waals surface area contributed by atoms with Crippen LogP contribution in [0.5, 0.6) is 0 Å². The Hall–Kier alpha value is -4.26. The number of azide groups is 1.